The van der Waals surface area contributed by atoms with E-state index in [0.29, 0.717) is 35.2 Å². The number of aliphatic hydroxyl groups is 1. The summed E-state index contributed by atoms with van der Waals surface area (Å²) in [4.78, 5) is 43.3. The molecule has 0 saturated carbocycles. The van der Waals surface area contributed by atoms with E-state index in [0.717, 1.165) is 17.0 Å². The van der Waals surface area contributed by atoms with Gasteiger partial charge in [-0.25, -0.2) is 4.79 Å². The molecule has 1 atom stereocenters. The molecule has 1 unspecified atom stereocenters. The van der Waals surface area contributed by atoms with Crippen molar-refractivity contribution in [3.05, 3.63) is 53.1 Å². The lowest BCUT2D eigenvalue weighted by molar-refractivity contribution is -0.376. The van der Waals surface area contributed by atoms with Crippen molar-refractivity contribution in [1.82, 2.24) is 15.1 Å². The highest BCUT2D eigenvalue weighted by atomic mass is 19.4. The number of anilines is 1. The van der Waals surface area contributed by atoms with E-state index in [4.69, 9.17) is 9.47 Å². The van der Waals surface area contributed by atoms with E-state index in [9.17, 15) is 45.8 Å². The summed E-state index contributed by atoms with van der Waals surface area (Å²) in [5.74, 6) is -0.249. The number of benzene rings is 2. The van der Waals surface area contributed by atoms with Crippen molar-refractivity contribution in [2.75, 3.05) is 44.4 Å². The number of hydrogen-bond acceptors (Lipinski definition) is 7. The maximum absolute atomic E-state index is 13.5. The van der Waals surface area contributed by atoms with Crippen LogP contribution in [-0.4, -0.2) is 84.6 Å². The van der Waals surface area contributed by atoms with Gasteiger partial charge in [0, 0.05) is 37.4 Å². The van der Waals surface area contributed by atoms with Crippen LogP contribution in [0.5, 0.6) is 11.5 Å². The first-order valence-electron chi connectivity index (χ1n) is 14.1. The maximum atomic E-state index is 13.5. The zero-order valence-electron chi connectivity index (χ0n) is 24.2. The number of alkyl halides is 6. The van der Waals surface area contributed by atoms with Gasteiger partial charge in [-0.1, -0.05) is 31.5 Å². The summed E-state index contributed by atoms with van der Waals surface area (Å²) in [5, 5.41) is 12.5. The van der Waals surface area contributed by atoms with Crippen LogP contribution >= 0.6 is 0 Å². The molecule has 2 N–H and O–H groups in total. The standard InChI is InChI=1S/C29H30F6N4O6/c1-3-4-17-13-19(27(43,28(30,31)32)29(33,34)35)5-7-20(17)37-9-11-38(12-10-37)23(40)15-39-24(41)26(2,36-25(39)42)18-6-8-21-22(14-18)45-16-44-21/h5-8,13-14,43H,3-4,9-12,15-16H2,1-2H3,(H,36,42). The van der Waals surface area contributed by atoms with Gasteiger partial charge < -0.3 is 29.7 Å². The normalized spacial score (nSPS) is 20.6. The molecule has 0 spiro atoms. The van der Waals surface area contributed by atoms with E-state index in [-0.39, 0.29) is 45.0 Å². The molecule has 3 heterocycles. The molecule has 2 aromatic rings. The lowest BCUT2D eigenvalue weighted by atomic mass is 9.89. The van der Waals surface area contributed by atoms with Crippen LogP contribution < -0.4 is 19.7 Å². The SMILES string of the molecule is CCCc1cc(C(O)(C(F)(F)F)C(F)(F)F)ccc1N1CCN(C(=O)CN2C(=O)NC(C)(c3ccc4c(c3)OCO4)C2=O)CC1. The van der Waals surface area contributed by atoms with Crippen LogP contribution in [0.2, 0.25) is 0 Å². The number of fused-ring (bicyclic) bond motifs is 1. The maximum Gasteiger partial charge on any atom is 0.430 e. The fourth-order valence-corrected chi connectivity index (χ4v) is 5.75. The molecule has 3 aliphatic heterocycles. The smallest absolute Gasteiger partial charge is 0.430 e. The zero-order chi connectivity index (χ0) is 32.9. The summed E-state index contributed by atoms with van der Waals surface area (Å²) >= 11 is 0. The molecule has 0 bridgehead atoms. The van der Waals surface area contributed by atoms with Crippen molar-refractivity contribution in [3.63, 3.8) is 0 Å². The summed E-state index contributed by atoms with van der Waals surface area (Å²) in [6, 6.07) is 6.51. The number of carbonyl (C=O) groups excluding carboxylic acids is 3. The van der Waals surface area contributed by atoms with Gasteiger partial charge in [0.15, 0.2) is 11.5 Å². The number of imide groups is 1. The van der Waals surface area contributed by atoms with E-state index in [1.165, 1.54) is 11.8 Å². The second-order valence-electron chi connectivity index (χ2n) is 11.2. The third kappa shape index (κ3) is 5.48. The average Bonchev–Trinajstić information content (AvgIpc) is 3.54. The Balaban J connectivity index is 1.27. The summed E-state index contributed by atoms with van der Waals surface area (Å²) in [5.41, 5.74) is -6.82. The minimum Gasteiger partial charge on any atom is -0.454 e. The van der Waals surface area contributed by atoms with Gasteiger partial charge in [-0.3, -0.25) is 14.5 Å². The van der Waals surface area contributed by atoms with Crippen LogP contribution in [0.1, 0.15) is 37.0 Å². The molecule has 45 heavy (non-hydrogen) atoms. The van der Waals surface area contributed by atoms with E-state index < -0.39 is 53.4 Å². The predicted molar refractivity (Wildman–Crippen MR) is 145 cm³/mol. The van der Waals surface area contributed by atoms with E-state index in [2.05, 4.69) is 5.32 Å². The van der Waals surface area contributed by atoms with Gasteiger partial charge in [-0.2, -0.15) is 26.3 Å². The summed E-state index contributed by atoms with van der Waals surface area (Å²) in [6.07, 6.45) is -11.5. The summed E-state index contributed by atoms with van der Waals surface area (Å²) in [6.45, 7) is 3.30. The Labute approximate surface area is 253 Å². The Hall–Kier alpha value is -4.21. The molecular weight excluding hydrogens is 614 g/mol. The van der Waals surface area contributed by atoms with Gasteiger partial charge in [-0.05, 0) is 42.7 Å². The van der Waals surface area contributed by atoms with Gasteiger partial charge in [-0.15, -0.1) is 0 Å². The topological polar surface area (TPSA) is 112 Å². The van der Waals surface area contributed by atoms with Gasteiger partial charge in [0.2, 0.25) is 12.7 Å². The largest absolute Gasteiger partial charge is 0.454 e. The second-order valence-corrected chi connectivity index (χ2v) is 11.2. The highest BCUT2D eigenvalue weighted by molar-refractivity contribution is 6.09. The van der Waals surface area contributed by atoms with E-state index in [1.54, 1.807) is 30.0 Å². The first-order valence-corrected chi connectivity index (χ1v) is 14.1. The third-order valence-corrected chi connectivity index (χ3v) is 8.33. The Bertz CT molecular complexity index is 1490. The van der Waals surface area contributed by atoms with Gasteiger partial charge in [0.05, 0.1) is 0 Å². The molecular formula is C29H30F6N4O6. The van der Waals surface area contributed by atoms with Crippen LogP contribution in [0.3, 0.4) is 0 Å². The number of piperazine rings is 1. The predicted octanol–water partition coefficient (Wildman–Crippen LogP) is 3.80. The quantitative estimate of drug-likeness (QED) is 0.349. The molecule has 244 valence electrons. The Morgan fingerprint density at radius 2 is 1.60 bits per heavy atom. The molecule has 2 saturated heterocycles. The monoisotopic (exact) mass is 644 g/mol. The molecule has 5 rings (SSSR count). The third-order valence-electron chi connectivity index (χ3n) is 8.33. The number of nitrogens with one attached hydrogen (secondary N) is 1. The van der Waals surface area contributed by atoms with Crippen molar-refractivity contribution < 1.29 is 55.3 Å². The second kappa shape index (κ2) is 11.3. The number of hydrogen-bond donors (Lipinski definition) is 2. The minimum atomic E-state index is -6.00. The lowest BCUT2D eigenvalue weighted by Crippen LogP contribution is -2.54. The number of aryl methyl sites for hydroxylation is 1. The molecule has 16 heteroatoms. The Morgan fingerprint density at radius 3 is 2.22 bits per heavy atom. The zero-order valence-corrected chi connectivity index (χ0v) is 24.2. The van der Waals surface area contributed by atoms with Crippen molar-refractivity contribution in [1.29, 1.82) is 0 Å². The number of ether oxygens (including phenoxy) is 2. The number of amides is 4. The van der Waals surface area contributed by atoms with Crippen LogP contribution in [0, 0.1) is 0 Å². The molecule has 0 aromatic heterocycles. The molecule has 0 aliphatic carbocycles. The van der Waals surface area contributed by atoms with Gasteiger partial charge in [0.1, 0.15) is 12.1 Å². The average molecular weight is 645 g/mol. The number of carbonyl (C=O) groups is 3. The van der Waals surface area contributed by atoms with E-state index >= 15 is 0 Å². The number of rotatable bonds is 7. The van der Waals surface area contributed by atoms with Gasteiger partial charge >= 0.3 is 18.4 Å². The molecule has 2 aromatic carbocycles. The Kier molecular flexibility index (Phi) is 8.08. The van der Waals surface area contributed by atoms with Crippen LogP contribution in [0.25, 0.3) is 0 Å². The van der Waals surface area contributed by atoms with Gasteiger partial charge in [0.25, 0.3) is 11.5 Å². The Morgan fingerprint density at radius 1 is 0.956 bits per heavy atom. The van der Waals surface area contributed by atoms with Crippen LogP contribution in [0.15, 0.2) is 36.4 Å². The molecule has 4 amide bonds. The summed E-state index contributed by atoms with van der Waals surface area (Å²) < 4.78 is 91.5. The first kappa shape index (κ1) is 32.2. The number of nitrogens with zero attached hydrogens (tertiary/aromatic N) is 3. The highest BCUT2D eigenvalue weighted by Crippen LogP contribution is 2.50. The van der Waals surface area contributed by atoms with Crippen LogP contribution in [-0.2, 0) is 27.1 Å². The fraction of sp³-hybridized carbons (Fsp3) is 0.483. The van der Waals surface area contributed by atoms with Crippen molar-refractivity contribution >= 4 is 23.5 Å². The number of halogens is 6. The van der Waals surface area contributed by atoms with Crippen molar-refractivity contribution in [2.24, 2.45) is 0 Å². The van der Waals surface area contributed by atoms with Crippen molar-refractivity contribution in [2.45, 2.75) is 50.2 Å². The van der Waals surface area contributed by atoms with Crippen molar-refractivity contribution in [3.8, 4) is 11.5 Å². The molecule has 3 aliphatic rings. The fourth-order valence-electron chi connectivity index (χ4n) is 5.75. The summed E-state index contributed by atoms with van der Waals surface area (Å²) in [7, 11) is 0. The molecule has 0 radical (unpaired) electrons. The highest BCUT2D eigenvalue weighted by Gasteiger charge is 2.71. The molecule has 2 fully saturated rings. The minimum absolute atomic E-state index is 0.0222. The first-order chi connectivity index (χ1) is 21.0. The van der Waals surface area contributed by atoms with E-state index in [1.807, 2.05) is 0 Å². The molecule has 10 nitrogen and oxygen atoms in total. The van der Waals surface area contributed by atoms with Crippen LogP contribution in [0.4, 0.5) is 36.8 Å². The lowest BCUT2D eigenvalue weighted by Gasteiger charge is -2.38. The number of urea groups is 1.